The van der Waals surface area contributed by atoms with Crippen molar-refractivity contribution in [1.29, 1.82) is 0 Å². The molecule has 0 aliphatic rings. The number of esters is 1. The zero-order valence-corrected chi connectivity index (χ0v) is 13.0. The third kappa shape index (κ3) is 4.90. The van der Waals surface area contributed by atoms with Gasteiger partial charge in [0.05, 0.1) is 20.0 Å². The zero-order valence-electron chi connectivity index (χ0n) is 13.0. The third-order valence-corrected chi connectivity index (χ3v) is 2.72. The highest BCUT2D eigenvalue weighted by molar-refractivity contribution is 5.91. The molecule has 0 saturated heterocycles. The Labute approximate surface area is 135 Å². The van der Waals surface area contributed by atoms with Crippen LogP contribution in [0.5, 0.6) is 0 Å². The average molecular weight is 337 g/mol. The summed E-state index contributed by atoms with van der Waals surface area (Å²) >= 11 is 0. The first-order valence-corrected chi connectivity index (χ1v) is 6.88. The summed E-state index contributed by atoms with van der Waals surface area (Å²) in [5.41, 5.74) is 0. The summed E-state index contributed by atoms with van der Waals surface area (Å²) in [4.78, 5) is 38.2. The SMILES string of the molecule is COC(=O)CCNC(=O)c1nc(CC(=O)Nc2cc(C)on2)no1. The van der Waals surface area contributed by atoms with Gasteiger partial charge in [-0.25, -0.2) is 0 Å². The molecule has 2 amide bonds. The van der Waals surface area contributed by atoms with E-state index in [0.29, 0.717) is 5.76 Å². The summed E-state index contributed by atoms with van der Waals surface area (Å²) in [5, 5.41) is 12.1. The van der Waals surface area contributed by atoms with Gasteiger partial charge in [-0.05, 0) is 6.92 Å². The number of aromatic nitrogens is 3. The molecule has 0 spiro atoms. The molecule has 11 heteroatoms. The van der Waals surface area contributed by atoms with Crippen molar-refractivity contribution in [3.8, 4) is 0 Å². The van der Waals surface area contributed by atoms with Crippen LogP contribution in [-0.4, -0.2) is 46.7 Å². The fourth-order valence-corrected chi connectivity index (χ4v) is 1.63. The van der Waals surface area contributed by atoms with Crippen LogP contribution in [-0.2, 0) is 20.7 Å². The van der Waals surface area contributed by atoms with E-state index < -0.39 is 17.8 Å². The van der Waals surface area contributed by atoms with Crippen LogP contribution in [0.4, 0.5) is 5.82 Å². The standard InChI is InChI=1S/C13H15N5O6/c1-7-5-8(17-23-7)15-10(19)6-9-16-13(24-18-9)12(21)14-4-3-11(20)22-2/h5H,3-4,6H2,1-2H3,(H,14,21)(H,15,17,19). The van der Waals surface area contributed by atoms with E-state index in [2.05, 4.69) is 30.7 Å². The second-order valence-corrected chi connectivity index (χ2v) is 4.65. The quantitative estimate of drug-likeness (QED) is 0.657. The zero-order chi connectivity index (χ0) is 17.5. The van der Waals surface area contributed by atoms with Crippen molar-refractivity contribution in [2.24, 2.45) is 0 Å². The smallest absolute Gasteiger partial charge is 0.315 e. The van der Waals surface area contributed by atoms with E-state index in [0.717, 1.165) is 0 Å². The van der Waals surface area contributed by atoms with Crippen LogP contribution in [0.1, 0.15) is 28.7 Å². The third-order valence-electron chi connectivity index (χ3n) is 2.72. The first-order chi connectivity index (χ1) is 11.5. The summed E-state index contributed by atoms with van der Waals surface area (Å²) in [7, 11) is 1.25. The molecule has 0 radical (unpaired) electrons. The molecule has 128 valence electrons. The van der Waals surface area contributed by atoms with Crippen molar-refractivity contribution in [2.75, 3.05) is 19.0 Å². The van der Waals surface area contributed by atoms with Gasteiger partial charge in [-0.15, -0.1) is 0 Å². The summed E-state index contributed by atoms with van der Waals surface area (Å²) in [6.07, 6.45) is -0.187. The lowest BCUT2D eigenvalue weighted by molar-refractivity contribution is -0.140. The highest BCUT2D eigenvalue weighted by Crippen LogP contribution is 2.07. The lowest BCUT2D eigenvalue weighted by Gasteiger charge is -2.00. The second-order valence-electron chi connectivity index (χ2n) is 4.65. The topological polar surface area (TPSA) is 149 Å². The van der Waals surface area contributed by atoms with Crippen LogP contribution in [0, 0.1) is 6.92 Å². The minimum Gasteiger partial charge on any atom is -0.469 e. The van der Waals surface area contributed by atoms with Gasteiger partial charge >= 0.3 is 17.8 Å². The summed E-state index contributed by atoms with van der Waals surface area (Å²) in [5.74, 6) is -1.00. The van der Waals surface area contributed by atoms with Gasteiger partial charge in [0, 0.05) is 12.6 Å². The Morgan fingerprint density at radius 2 is 2.04 bits per heavy atom. The molecule has 2 aromatic rings. The van der Waals surface area contributed by atoms with E-state index in [1.807, 2.05) is 0 Å². The number of rotatable bonds is 7. The first kappa shape index (κ1) is 17.1. The molecule has 2 N–H and O–H groups in total. The molecule has 0 aliphatic carbocycles. The Bertz CT molecular complexity index is 737. The van der Waals surface area contributed by atoms with Crippen LogP contribution in [0.3, 0.4) is 0 Å². The maximum absolute atomic E-state index is 11.8. The molecule has 0 bridgehead atoms. The van der Waals surface area contributed by atoms with E-state index in [4.69, 9.17) is 9.05 Å². The van der Waals surface area contributed by atoms with Gasteiger partial charge in [0.1, 0.15) is 5.76 Å². The number of carbonyl (C=O) groups is 3. The summed E-state index contributed by atoms with van der Waals surface area (Å²) < 4.78 is 14.0. The van der Waals surface area contributed by atoms with E-state index in [-0.39, 0.29) is 36.9 Å². The van der Waals surface area contributed by atoms with Gasteiger partial charge in [-0.3, -0.25) is 14.4 Å². The van der Waals surface area contributed by atoms with Gasteiger partial charge in [0.25, 0.3) is 0 Å². The minimum absolute atomic E-state index is 0.0166. The van der Waals surface area contributed by atoms with Crippen molar-refractivity contribution >= 4 is 23.6 Å². The Kier molecular flexibility index (Phi) is 5.60. The molecular formula is C13H15N5O6. The number of anilines is 1. The summed E-state index contributed by atoms with van der Waals surface area (Å²) in [6.45, 7) is 1.75. The number of carbonyl (C=O) groups excluding carboxylic acids is 3. The van der Waals surface area contributed by atoms with Crippen LogP contribution < -0.4 is 10.6 Å². The monoisotopic (exact) mass is 337 g/mol. The van der Waals surface area contributed by atoms with Crippen molar-refractivity contribution in [2.45, 2.75) is 19.8 Å². The van der Waals surface area contributed by atoms with Gasteiger partial charge in [-0.2, -0.15) is 4.98 Å². The van der Waals surface area contributed by atoms with Gasteiger partial charge in [0.15, 0.2) is 11.6 Å². The Hall–Kier alpha value is -3.24. The molecule has 0 aromatic carbocycles. The van der Waals surface area contributed by atoms with Crippen molar-refractivity contribution in [3.05, 3.63) is 23.5 Å². The minimum atomic E-state index is -0.648. The Morgan fingerprint density at radius 3 is 2.71 bits per heavy atom. The fourth-order valence-electron chi connectivity index (χ4n) is 1.63. The lowest BCUT2D eigenvalue weighted by Crippen LogP contribution is -2.26. The fraction of sp³-hybridized carbons (Fsp3) is 0.385. The van der Waals surface area contributed by atoms with Crippen molar-refractivity contribution in [1.82, 2.24) is 20.6 Å². The van der Waals surface area contributed by atoms with E-state index in [1.165, 1.54) is 7.11 Å². The van der Waals surface area contributed by atoms with Crippen LogP contribution in [0.2, 0.25) is 0 Å². The Morgan fingerprint density at radius 1 is 1.25 bits per heavy atom. The molecule has 24 heavy (non-hydrogen) atoms. The van der Waals surface area contributed by atoms with E-state index >= 15 is 0 Å². The van der Waals surface area contributed by atoms with Crippen molar-refractivity contribution < 1.29 is 28.2 Å². The van der Waals surface area contributed by atoms with E-state index in [1.54, 1.807) is 13.0 Å². The number of methoxy groups -OCH3 is 1. The maximum atomic E-state index is 11.8. The highest BCUT2D eigenvalue weighted by Gasteiger charge is 2.17. The van der Waals surface area contributed by atoms with Crippen LogP contribution in [0.15, 0.2) is 15.1 Å². The van der Waals surface area contributed by atoms with Crippen LogP contribution >= 0.6 is 0 Å². The predicted molar refractivity (Wildman–Crippen MR) is 76.8 cm³/mol. The van der Waals surface area contributed by atoms with Gasteiger partial charge in [-0.1, -0.05) is 10.3 Å². The molecule has 0 saturated carbocycles. The highest BCUT2D eigenvalue weighted by atomic mass is 16.5. The molecule has 0 fully saturated rings. The molecule has 0 unspecified atom stereocenters. The number of nitrogens with zero attached hydrogens (tertiary/aromatic N) is 3. The van der Waals surface area contributed by atoms with E-state index in [9.17, 15) is 14.4 Å². The molecular weight excluding hydrogens is 322 g/mol. The van der Waals surface area contributed by atoms with Crippen molar-refractivity contribution in [3.63, 3.8) is 0 Å². The largest absolute Gasteiger partial charge is 0.469 e. The molecule has 2 aromatic heterocycles. The maximum Gasteiger partial charge on any atom is 0.315 e. The normalized spacial score (nSPS) is 10.2. The molecule has 2 heterocycles. The lowest BCUT2D eigenvalue weighted by atomic mass is 10.3. The average Bonchev–Trinajstić information content (AvgIpc) is 3.16. The number of hydrogen-bond donors (Lipinski definition) is 2. The predicted octanol–water partition coefficient (Wildman–Crippen LogP) is -0.160. The molecule has 0 aliphatic heterocycles. The summed E-state index contributed by atoms with van der Waals surface area (Å²) in [6, 6.07) is 1.55. The Balaban J connectivity index is 1.82. The molecule has 11 nitrogen and oxygen atoms in total. The van der Waals surface area contributed by atoms with Gasteiger partial charge < -0.3 is 24.4 Å². The number of amides is 2. The number of aryl methyl sites for hydroxylation is 1. The number of nitrogens with one attached hydrogen (secondary N) is 2. The molecule has 2 rings (SSSR count). The first-order valence-electron chi connectivity index (χ1n) is 6.88. The second kappa shape index (κ2) is 7.85. The number of ether oxygens (including phenoxy) is 1. The van der Waals surface area contributed by atoms with Crippen LogP contribution in [0.25, 0.3) is 0 Å². The molecule has 0 atom stereocenters. The van der Waals surface area contributed by atoms with Gasteiger partial charge in [0.2, 0.25) is 5.91 Å². The number of hydrogen-bond acceptors (Lipinski definition) is 9.